The molecular formula is C21H24N2O3. The maximum atomic E-state index is 13.3. The minimum atomic E-state index is -0.426. The maximum absolute atomic E-state index is 13.3. The summed E-state index contributed by atoms with van der Waals surface area (Å²) in [5.74, 6) is 0.428. The Morgan fingerprint density at radius 3 is 2.85 bits per heavy atom. The highest BCUT2D eigenvalue weighted by molar-refractivity contribution is 5.93. The lowest BCUT2D eigenvalue weighted by Crippen LogP contribution is -2.50. The van der Waals surface area contributed by atoms with E-state index < -0.39 is 5.41 Å². The lowest BCUT2D eigenvalue weighted by molar-refractivity contribution is -0.146. The second-order valence-electron chi connectivity index (χ2n) is 7.55. The predicted octanol–water partition coefficient (Wildman–Crippen LogP) is 3.24. The smallest absolute Gasteiger partial charge is 0.289 e. The number of aryl methyl sites for hydroxylation is 1. The highest BCUT2D eigenvalue weighted by Gasteiger charge is 2.49. The van der Waals surface area contributed by atoms with Crippen molar-refractivity contribution in [2.24, 2.45) is 5.41 Å². The van der Waals surface area contributed by atoms with E-state index in [0.717, 1.165) is 31.4 Å². The van der Waals surface area contributed by atoms with E-state index in [9.17, 15) is 9.59 Å². The molecule has 2 amide bonds. The molecule has 136 valence electrons. The standard InChI is InChI=1S/C21H24N2O3/c1-16-5-2-6-17(13-16)14-22-10-4-8-21(20(22)25)9-11-23(15-21)19(24)18-7-3-12-26-18/h2-3,5-7,12-13H,4,8-11,14-15H2,1H3/t21-/m0/s1. The van der Waals surface area contributed by atoms with E-state index in [2.05, 4.69) is 25.1 Å². The number of amides is 2. The van der Waals surface area contributed by atoms with Crippen LogP contribution in [0.4, 0.5) is 0 Å². The van der Waals surface area contributed by atoms with Gasteiger partial charge in [-0.15, -0.1) is 0 Å². The quantitative estimate of drug-likeness (QED) is 0.852. The van der Waals surface area contributed by atoms with Crippen molar-refractivity contribution < 1.29 is 14.0 Å². The first-order valence-electron chi connectivity index (χ1n) is 9.25. The number of carbonyl (C=O) groups excluding carboxylic acids is 2. The summed E-state index contributed by atoms with van der Waals surface area (Å²) in [4.78, 5) is 29.6. The molecule has 2 fully saturated rings. The molecule has 26 heavy (non-hydrogen) atoms. The summed E-state index contributed by atoms with van der Waals surface area (Å²) in [5, 5.41) is 0. The molecule has 2 saturated heterocycles. The SMILES string of the molecule is Cc1cccc(CN2CCC[C@@]3(CCN(C(=O)c4ccco4)C3)C2=O)c1. The monoisotopic (exact) mass is 352 g/mol. The summed E-state index contributed by atoms with van der Waals surface area (Å²) in [6.45, 7) is 4.62. The largest absolute Gasteiger partial charge is 0.459 e. The molecule has 1 atom stereocenters. The third kappa shape index (κ3) is 3.02. The van der Waals surface area contributed by atoms with Gasteiger partial charge in [0.2, 0.25) is 5.91 Å². The molecule has 2 aliphatic rings. The van der Waals surface area contributed by atoms with Crippen molar-refractivity contribution in [3.63, 3.8) is 0 Å². The maximum Gasteiger partial charge on any atom is 0.289 e. The molecule has 0 N–H and O–H groups in total. The van der Waals surface area contributed by atoms with Gasteiger partial charge >= 0.3 is 0 Å². The van der Waals surface area contributed by atoms with Gasteiger partial charge in [0, 0.05) is 26.2 Å². The summed E-state index contributed by atoms with van der Waals surface area (Å²) in [7, 11) is 0. The molecule has 2 aromatic rings. The molecule has 1 spiro atoms. The first-order chi connectivity index (χ1) is 12.6. The van der Waals surface area contributed by atoms with Crippen LogP contribution in [0.25, 0.3) is 0 Å². The number of carbonyl (C=O) groups is 2. The first-order valence-corrected chi connectivity index (χ1v) is 9.25. The average Bonchev–Trinajstić information content (AvgIpc) is 3.30. The normalized spacial score (nSPS) is 23.0. The van der Waals surface area contributed by atoms with Gasteiger partial charge in [-0.2, -0.15) is 0 Å². The summed E-state index contributed by atoms with van der Waals surface area (Å²) < 4.78 is 5.24. The zero-order valence-corrected chi connectivity index (χ0v) is 15.1. The van der Waals surface area contributed by atoms with Crippen molar-refractivity contribution >= 4 is 11.8 Å². The fourth-order valence-electron chi connectivity index (χ4n) is 4.31. The second kappa shape index (κ2) is 6.63. The Hall–Kier alpha value is -2.56. The number of rotatable bonds is 3. The van der Waals surface area contributed by atoms with Crippen LogP contribution in [-0.4, -0.2) is 41.2 Å². The molecule has 4 rings (SSSR count). The minimum Gasteiger partial charge on any atom is -0.459 e. The molecule has 2 aliphatic heterocycles. The van der Waals surface area contributed by atoms with E-state index >= 15 is 0 Å². The van der Waals surface area contributed by atoms with E-state index in [1.807, 2.05) is 11.0 Å². The molecule has 3 heterocycles. The molecule has 0 saturated carbocycles. The van der Waals surface area contributed by atoms with E-state index in [-0.39, 0.29) is 11.8 Å². The van der Waals surface area contributed by atoms with Gasteiger partial charge in [0.05, 0.1) is 11.7 Å². The lowest BCUT2D eigenvalue weighted by atomic mass is 9.78. The predicted molar refractivity (Wildman–Crippen MR) is 97.5 cm³/mol. The number of benzene rings is 1. The summed E-state index contributed by atoms with van der Waals surface area (Å²) in [5.41, 5.74) is 1.94. The number of piperidine rings is 1. The Kier molecular flexibility index (Phi) is 4.31. The molecule has 0 aliphatic carbocycles. The van der Waals surface area contributed by atoms with Crippen LogP contribution in [0.3, 0.4) is 0 Å². The molecule has 0 unspecified atom stereocenters. The van der Waals surface area contributed by atoms with Gasteiger partial charge in [0.25, 0.3) is 5.91 Å². The molecule has 1 aromatic carbocycles. The molecule has 5 heteroatoms. The molecular weight excluding hydrogens is 328 g/mol. The second-order valence-corrected chi connectivity index (χ2v) is 7.55. The number of hydrogen-bond donors (Lipinski definition) is 0. The Labute approximate surface area is 153 Å². The fraction of sp³-hybridized carbons (Fsp3) is 0.429. The highest BCUT2D eigenvalue weighted by Crippen LogP contribution is 2.41. The van der Waals surface area contributed by atoms with Crippen molar-refractivity contribution in [2.75, 3.05) is 19.6 Å². The van der Waals surface area contributed by atoms with Crippen molar-refractivity contribution in [3.05, 3.63) is 59.5 Å². The zero-order chi connectivity index (χ0) is 18.1. The van der Waals surface area contributed by atoms with Gasteiger partial charge < -0.3 is 14.2 Å². The average molecular weight is 352 g/mol. The third-order valence-electron chi connectivity index (χ3n) is 5.65. The number of hydrogen-bond acceptors (Lipinski definition) is 3. The highest BCUT2D eigenvalue weighted by atomic mass is 16.3. The van der Waals surface area contributed by atoms with Gasteiger partial charge in [-0.3, -0.25) is 9.59 Å². The van der Waals surface area contributed by atoms with E-state index in [4.69, 9.17) is 4.42 Å². The fourth-order valence-corrected chi connectivity index (χ4v) is 4.31. The van der Waals surface area contributed by atoms with Crippen molar-refractivity contribution in [3.8, 4) is 0 Å². The molecule has 1 aromatic heterocycles. The van der Waals surface area contributed by atoms with Gasteiger partial charge in [-0.25, -0.2) is 0 Å². The number of furan rings is 1. The van der Waals surface area contributed by atoms with Crippen LogP contribution < -0.4 is 0 Å². The molecule has 5 nitrogen and oxygen atoms in total. The minimum absolute atomic E-state index is 0.115. The first kappa shape index (κ1) is 16.9. The van der Waals surface area contributed by atoms with Crippen LogP contribution in [0, 0.1) is 12.3 Å². The van der Waals surface area contributed by atoms with Crippen LogP contribution in [0.2, 0.25) is 0 Å². The van der Waals surface area contributed by atoms with Crippen LogP contribution in [0.15, 0.2) is 47.1 Å². The Morgan fingerprint density at radius 1 is 1.19 bits per heavy atom. The summed E-state index contributed by atoms with van der Waals surface area (Å²) >= 11 is 0. The summed E-state index contributed by atoms with van der Waals surface area (Å²) in [6.07, 6.45) is 4.09. The molecule has 0 radical (unpaired) electrons. The van der Waals surface area contributed by atoms with Crippen LogP contribution in [-0.2, 0) is 11.3 Å². The van der Waals surface area contributed by atoms with Crippen LogP contribution >= 0.6 is 0 Å². The van der Waals surface area contributed by atoms with Crippen molar-refractivity contribution in [1.29, 1.82) is 0 Å². The van der Waals surface area contributed by atoms with Crippen molar-refractivity contribution in [1.82, 2.24) is 9.80 Å². The van der Waals surface area contributed by atoms with Gasteiger partial charge in [0.15, 0.2) is 5.76 Å². The Morgan fingerprint density at radius 2 is 2.08 bits per heavy atom. The van der Waals surface area contributed by atoms with Gasteiger partial charge in [0.1, 0.15) is 0 Å². The number of nitrogens with zero attached hydrogens (tertiary/aromatic N) is 2. The van der Waals surface area contributed by atoms with Gasteiger partial charge in [-0.1, -0.05) is 29.8 Å². The Balaban J connectivity index is 1.48. The topological polar surface area (TPSA) is 53.8 Å². The lowest BCUT2D eigenvalue weighted by Gasteiger charge is -2.39. The molecule has 0 bridgehead atoms. The van der Waals surface area contributed by atoms with Crippen LogP contribution in [0.5, 0.6) is 0 Å². The third-order valence-corrected chi connectivity index (χ3v) is 5.65. The zero-order valence-electron chi connectivity index (χ0n) is 15.1. The van der Waals surface area contributed by atoms with Crippen molar-refractivity contribution in [2.45, 2.75) is 32.7 Å². The van der Waals surface area contributed by atoms with E-state index in [0.29, 0.717) is 25.4 Å². The van der Waals surface area contributed by atoms with E-state index in [1.54, 1.807) is 17.0 Å². The van der Waals surface area contributed by atoms with Gasteiger partial charge in [-0.05, 0) is 43.9 Å². The Bertz CT molecular complexity index is 814. The van der Waals surface area contributed by atoms with E-state index in [1.165, 1.54) is 11.8 Å². The van der Waals surface area contributed by atoms with Crippen LogP contribution in [0.1, 0.15) is 40.9 Å². The summed E-state index contributed by atoms with van der Waals surface area (Å²) in [6, 6.07) is 11.7. The number of likely N-dealkylation sites (tertiary alicyclic amines) is 2.